The molecule has 22 heavy (non-hydrogen) atoms. The van der Waals surface area contributed by atoms with Crippen molar-refractivity contribution in [3.05, 3.63) is 60.2 Å². The first-order chi connectivity index (χ1) is 10.7. The van der Waals surface area contributed by atoms with E-state index in [4.69, 9.17) is 0 Å². The molecule has 0 radical (unpaired) electrons. The molecule has 0 fully saturated rings. The van der Waals surface area contributed by atoms with Crippen molar-refractivity contribution in [1.82, 2.24) is 19.7 Å². The fourth-order valence-electron chi connectivity index (χ4n) is 2.60. The molecule has 1 aromatic carbocycles. The molecule has 0 bridgehead atoms. The summed E-state index contributed by atoms with van der Waals surface area (Å²) in [5.74, 6) is 0.842. The van der Waals surface area contributed by atoms with Gasteiger partial charge in [-0.25, -0.2) is 14.6 Å². The van der Waals surface area contributed by atoms with Crippen LogP contribution in [-0.4, -0.2) is 19.7 Å². The topological polar surface area (TPSA) is 43.6 Å². The molecule has 0 aliphatic heterocycles. The summed E-state index contributed by atoms with van der Waals surface area (Å²) in [4.78, 5) is 11.0. The van der Waals surface area contributed by atoms with Gasteiger partial charge >= 0.3 is 0 Å². The monoisotopic (exact) mass is 306 g/mol. The van der Waals surface area contributed by atoms with Crippen molar-refractivity contribution in [3.63, 3.8) is 0 Å². The van der Waals surface area contributed by atoms with E-state index in [0.717, 1.165) is 27.4 Å². The average molecular weight is 306 g/mol. The molecule has 0 spiro atoms. The van der Waals surface area contributed by atoms with Crippen molar-refractivity contribution >= 4 is 21.6 Å². The van der Waals surface area contributed by atoms with Gasteiger partial charge in [-0.05, 0) is 31.5 Å². The van der Waals surface area contributed by atoms with E-state index in [1.165, 1.54) is 10.4 Å². The van der Waals surface area contributed by atoms with E-state index in [1.54, 1.807) is 17.7 Å². The van der Waals surface area contributed by atoms with Crippen LogP contribution in [0.4, 0.5) is 0 Å². The van der Waals surface area contributed by atoms with E-state index in [9.17, 15) is 0 Å². The summed E-state index contributed by atoms with van der Waals surface area (Å²) in [5, 5.41) is 5.58. The third-order valence-corrected chi connectivity index (χ3v) is 4.67. The first-order valence-electron chi connectivity index (χ1n) is 7.06. The minimum absolute atomic E-state index is 0.842. The highest BCUT2D eigenvalue weighted by Gasteiger charge is 2.13. The van der Waals surface area contributed by atoms with Crippen LogP contribution in [0.1, 0.15) is 11.4 Å². The van der Waals surface area contributed by atoms with Gasteiger partial charge in [0.25, 0.3) is 0 Å². The van der Waals surface area contributed by atoms with Gasteiger partial charge in [-0.2, -0.15) is 5.10 Å². The number of aromatic nitrogens is 4. The minimum atomic E-state index is 0.842. The smallest absolute Gasteiger partial charge is 0.165 e. The first-order valence-corrected chi connectivity index (χ1v) is 7.87. The highest BCUT2D eigenvalue weighted by atomic mass is 32.1. The predicted molar refractivity (Wildman–Crippen MR) is 89.4 cm³/mol. The van der Waals surface area contributed by atoms with Crippen molar-refractivity contribution in [3.8, 4) is 16.3 Å². The van der Waals surface area contributed by atoms with Crippen LogP contribution in [-0.2, 0) is 0 Å². The summed E-state index contributed by atoms with van der Waals surface area (Å²) in [7, 11) is 0. The molecule has 0 N–H and O–H groups in total. The maximum Gasteiger partial charge on any atom is 0.165 e. The molecule has 0 saturated heterocycles. The molecule has 0 atom stereocenters. The van der Waals surface area contributed by atoms with E-state index in [2.05, 4.69) is 39.3 Å². The number of nitrogens with zero attached hydrogens (tertiary/aromatic N) is 4. The standard InChI is InChI=1S/C17H14N4S/c1-11-8-12(2)21(20-11)16-14-9-15(13-6-4-3-5-7-13)22-17(14)19-10-18-16/h3-10H,1-2H3. The van der Waals surface area contributed by atoms with Crippen LogP contribution in [0.25, 0.3) is 26.5 Å². The number of thiophene rings is 1. The molecule has 108 valence electrons. The molecular formula is C17H14N4S. The summed E-state index contributed by atoms with van der Waals surface area (Å²) in [5.41, 5.74) is 3.26. The molecule has 4 aromatic rings. The van der Waals surface area contributed by atoms with Gasteiger partial charge in [0.05, 0.1) is 11.1 Å². The van der Waals surface area contributed by atoms with E-state index >= 15 is 0 Å². The van der Waals surface area contributed by atoms with Crippen LogP contribution in [0, 0.1) is 13.8 Å². The highest BCUT2D eigenvalue weighted by molar-refractivity contribution is 7.21. The van der Waals surface area contributed by atoms with Crippen molar-refractivity contribution in [2.24, 2.45) is 0 Å². The van der Waals surface area contributed by atoms with Gasteiger partial charge in [0.1, 0.15) is 11.2 Å². The Labute approximate surface area is 132 Å². The number of fused-ring (bicyclic) bond motifs is 1. The number of rotatable bonds is 2. The fourth-order valence-corrected chi connectivity index (χ4v) is 3.60. The summed E-state index contributed by atoms with van der Waals surface area (Å²) >= 11 is 1.68. The van der Waals surface area contributed by atoms with Gasteiger partial charge in [-0.15, -0.1) is 11.3 Å². The highest BCUT2D eigenvalue weighted by Crippen LogP contribution is 2.34. The Kier molecular flexibility index (Phi) is 3.01. The summed E-state index contributed by atoms with van der Waals surface area (Å²) in [6.07, 6.45) is 1.61. The lowest BCUT2D eigenvalue weighted by Crippen LogP contribution is -2.02. The first kappa shape index (κ1) is 13.2. The zero-order chi connectivity index (χ0) is 15.1. The summed E-state index contributed by atoms with van der Waals surface area (Å²) in [6.45, 7) is 4.03. The second kappa shape index (κ2) is 5.03. The molecule has 3 aromatic heterocycles. The van der Waals surface area contributed by atoms with Crippen molar-refractivity contribution < 1.29 is 0 Å². The number of aryl methyl sites for hydroxylation is 2. The normalized spacial score (nSPS) is 11.2. The predicted octanol–water partition coefficient (Wildman–Crippen LogP) is 4.16. The lowest BCUT2D eigenvalue weighted by Gasteiger charge is -2.03. The van der Waals surface area contributed by atoms with Crippen molar-refractivity contribution in [2.45, 2.75) is 13.8 Å². The lowest BCUT2D eigenvalue weighted by molar-refractivity contribution is 0.810. The molecule has 3 heterocycles. The SMILES string of the molecule is Cc1cc(C)n(-c2ncnc3sc(-c4ccccc4)cc23)n1. The van der Waals surface area contributed by atoms with Gasteiger partial charge in [-0.1, -0.05) is 30.3 Å². The van der Waals surface area contributed by atoms with Crippen LogP contribution in [0.5, 0.6) is 0 Å². The third kappa shape index (κ3) is 2.10. The second-order valence-electron chi connectivity index (χ2n) is 5.23. The molecule has 0 amide bonds. The quantitative estimate of drug-likeness (QED) is 0.558. The maximum absolute atomic E-state index is 4.54. The van der Waals surface area contributed by atoms with Crippen molar-refractivity contribution in [2.75, 3.05) is 0 Å². The Morgan fingerprint density at radius 2 is 1.82 bits per heavy atom. The number of benzene rings is 1. The van der Waals surface area contributed by atoms with Crippen molar-refractivity contribution in [1.29, 1.82) is 0 Å². The Balaban J connectivity index is 1.94. The van der Waals surface area contributed by atoms with E-state index in [-0.39, 0.29) is 0 Å². The van der Waals surface area contributed by atoms with Gasteiger partial charge in [0.15, 0.2) is 5.82 Å². The zero-order valence-electron chi connectivity index (χ0n) is 12.3. The Hall–Kier alpha value is -2.53. The molecule has 4 rings (SSSR count). The molecule has 0 aliphatic carbocycles. The zero-order valence-corrected chi connectivity index (χ0v) is 13.1. The van der Waals surface area contributed by atoms with Gasteiger partial charge < -0.3 is 0 Å². The van der Waals surface area contributed by atoms with Gasteiger partial charge in [0.2, 0.25) is 0 Å². The Morgan fingerprint density at radius 3 is 2.55 bits per heavy atom. The average Bonchev–Trinajstić information content (AvgIpc) is 3.11. The Morgan fingerprint density at radius 1 is 1.00 bits per heavy atom. The maximum atomic E-state index is 4.54. The molecule has 0 saturated carbocycles. The fraction of sp³-hybridized carbons (Fsp3) is 0.118. The van der Waals surface area contributed by atoms with Crippen LogP contribution in [0.2, 0.25) is 0 Å². The van der Waals surface area contributed by atoms with Gasteiger partial charge in [-0.3, -0.25) is 0 Å². The van der Waals surface area contributed by atoms with E-state index in [1.807, 2.05) is 36.7 Å². The van der Waals surface area contributed by atoms with Crippen LogP contribution in [0.3, 0.4) is 0 Å². The van der Waals surface area contributed by atoms with Crippen LogP contribution in [0.15, 0.2) is 48.8 Å². The Bertz CT molecular complexity index is 953. The van der Waals surface area contributed by atoms with E-state index in [0.29, 0.717) is 0 Å². The molecule has 0 unspecified atom stereocenters. The molecular weight excluding hydrogens is 292 g/mol. The molecule has 0 aliphatic rings. The molecule has 4 nitrogen and oxygen atoms in total. The van der Waals surface area contributed by atoms with E-state index < -0.39 is 0 Å². The molecule has 5 heteroatoms. The number of hydrogen-bond donors (Lipinski definition) is 0. The van der Waals surface area contributed by atoms with Gasteiger partial charge in [0, 0.05) is 10.6 Å². The minimum Gasteiger partial charge on any atom is -0.225 e. The second-order valence-corrected chi connectivity index (χ2v) is 6.26. The summed E-state index contributed by atoms with van der Waals surface area (Å²) in [6, 6.07) is 14.6. The van der Waals surface area contributed by atoms with Crippen LogP contribution < -0.4 is 0 Å². The summed E-state index contributed by atoms with van der Waals surface area (Å²) < 4.78 is 1.89. The third-order valence-electron chi connectivity index (χ3n) is 3.58. The largest absolute Gasteiger partial charge is 0.225 e. The van der Waals surface area contributed by atoms with Crippen LogP contribution >= 0.6 is 11.3 Å². The lowest BCUT2D eigenvalue weighted by atomic mass is 10.2. The number of hydrogen-bond acceptors (Lipinski definition) is 4.